The third-order valence-corrected chi connectivity index (χ3v) is 3.13. The number of aryl methyl sites for hydroxylation is 3. The molecule has 0 bridgehead atoms. The number of amides is 1. The fourth-order valence-corrected chi connectivity index (χ4v) is 2.14. The van der Waals surface area contributed by atoms with Gasteiger partial charge in [0, 0.05) is 5.69 Å². The van der Waals surface area contributed by atoms with Gasteiger partial charge >= 0.3 is 0 Å². The smallest absolute Gasteiger partial charge is 0.227 e. The van der Waals surface area contributed by atoms with Crippen molar-refractivity contribution in [1.29, 1.82) is 0 Å². The van der Waals surface area contributed by atoms with Gasteiger partial charge in [0.1, 0.15) is 5.75 Å². The third-order valence-electron chi connectivity index (χ3n) is 3.13. The Balaban J connectivity index is 1.80. The molecule has 0 radical (unpaired) electrons. The summed E-state index contributed by atoms with van der Waals surface area (Å²) in [7, 11) is 0. The van der Waals surface area contributed by atoms with Gasteiger partial charge in [-0.15, -0.1) is 0 Å². The summed E-state index contributed by atoms with van der Waals surface area (Å²) in [6.45, 7) is 6.46. The van der Waals surface area contributed by atoms with Crippen molar-refractivity contribution in [3.63, 3.8) is 0 Å². The minimum absolute atomic E-state index is 0.0387. The van der Waals surface area contributed by atoms with Crippen LogP contribution in [0.25, 0.3) is 0 Å². The summed E-state index contributed by atoms with van der Waals surface area (Å²) in [5, 5.41) is 2.86. The average Bonchev–Trinajstić information content (AvgIpc) is 2.40. The van der Waals surface area contributed by atoms with Crippen LogP contribution < -0.4 is 10.1 Å². The van der Waals surface area contributed by atoms with Gasteiger partial charge in [0.05, 0.1) is 13.0 Å². The SMILES string of the molecule is Cc1ccc(NC(=O)CCOc2cc(C)cc(C)c2)cc1. The molecule has 0 aliphatic heterocycles. The molecule has 0 atom stereocenters. The van der Waals surface area contributed by atoms with E-state index in [2.05, 4.69) is 11.4 Å². The Hall–Kier alpha value is -2.29. The molecule has 3 nitrogen and oxygen atoms in total. The average molecular weight is 283 g/mol. The van der Waals surface area contributed by atoms with Crippen LogP contribution in [0.5, 0.6) is 5.75 Å². The quantitative estimate of drug-likeness (QED) is 0.900. The molecule has 2 aromatic carbocycles. The van der Waals surface area contributed by atoms with Gasteiger partial charge in [0.15, 0.2) is 0 Å². The fraction of sp³-hybridized carbons (Fsp3) is 0.278. The van der Waals surface area contributed by atoms with Crippen LogP contribution in [0, 0.1) is 20.8 Å². The number of hydrogen-bond donors (Lipinski definition) is 1. The Morgan fingerprint density at radius 3 is 2.19 bits per heavy atom. The van der Waals surface area contributed by atoms with Crippen LogP contribution in [-0.4, -0.2) is 12.5 Å². The molecule has 0 aliphatic carbocycles. The van der Waals surface area contributed by atoms with E-state index >= 15 is 0 Å². The van der Waals surface area contributed by atoms with Crippen molar-refractivity contribution in [2.75, 3.05) is 11.9 Å². The summed E-state index contributed by atoms with van der Waals surface area (Å²) in [6.07, 6.45) is 0.334. The van der Waals surface area contributed by atoms with E-state index in [9.17, 15) is 4.79 Å². The Bertz CT molecular complexity index is 597. The molecule has 3 heteroatoms. The Morgan fingerprint density at radius 1 is 0.952 bits per heavy atom. The van der Waals surface area contributed by atoms with Crippen LogP contribution in [0.1, 0.15) is 23.1 Å². The number of rotatable bonds is 5. The normalized spacial score (nSPS) is 10.2. The molecule has 0 heterocycles. The van der Waals surface area contributed by atoms with Gasteiger partial charge in [0.25, 0.3) is 0 Å². The van der Waals surface area contributed by atoms with E-state index in [1.54, 1.807) is 0 Å². The standard InChI is InChI=1S/C18H21NO2/c1-13-4-6-16(7-5-13)19-18(20)8-9-21-17-11-14(2)10-15(3)12-17/h4-7,10-12H,8-9H2,1-3H3,(H,19,20). The highest BCUT2D eigenvalue weighted by atomic mass is 16.5. The lowest BCUT2D eigenvalue weighted by Crippen LogP contribution is -2.15. The van der Waals surface area contributed by atoms with Gasteiger partial charge in [-0.3, -0.25) is 4.79 Å². The zero-order valence-corrected chi connectivity index (χ0v) is 12.8. The summed E-state index contributed by atoms with van der Waals surface area (Å²) in [5.74, 6) is 0.777. The molecule has 0 saturated carbocycles. The number of nitrogens with one attached hydrogen (secondary N) is 1. The molecule has 2 rings (SSSR count). The van der Waals surface area contributed by atoms with Gasteiger partial charge in [-0.05, 0) is 56.2 Å². The number of carbonyl (C=O) groups is 1. The highest BCUT2D eigenvalue weighted by Gasteiger charge is 2.03. The Labute approximate surface area is 126 Å². The lowest BCUT2D eigenvalue weighted by Gasteiger charge is -2.09. The summed E-state index contributed by atoms with van der Waals surface area (Å²) in [4.78, 5) is 11.8. The second-order valence-electron chi connectivity index (χ2n) is 5.34. The van der Waals surface area contributed by atoms with Crippen molar-refractivity contribution in [2.24, 2.45) is 0 Å². The van der Waals surface area contributed by atoms with Crippen LogP contribution in [-0.2, 0) is 4.79 Å². The zero-order valence-electron chi connectivity index (χ0n) is 12.8. The first-order valence-electron chi connectivity index (χ1n) is 7.10. The fourth-order valence-electron chi connectivity index (χ4n) is 2.14. The maximum absolute atomic E-state index is 11.8. The minimum atomic E-state index is -0.0387. The molecule has 0 aromatic heterocycles. The van der Waals surface area contributed by atoms with Gasteiger partial charge in [-0.1, -0.05) is 23.8 Å². The van der Waals surface area contributed by atoms with E-state index in [1.165, 1.54) is 5.56 Å². The van der Waals surface area contributed by atoms with Crippen LogP contribution in [0.2, 0.25) is 0 Å². The molecule has 2 aromatic rings. The largest absolute Gasteiger partial charge is 0.493 e. The van der Waals surface area contributed by atoms with Crippen LogP contribution in [0.15, 0.2) is 42.5 Å². The first-order chi connectivity index (χ1) is 10.0. The van der Waals surface area contributed by atoms with Gasteiger partial charge in [-0.25, -0.2) is 0 Å². The molecule has 110 valence electrons. The summed E-state index contributed by atoms with van der Waals surface area (Å²) < 4.78 is 5.63. The van der Waals surface area contributed by atoms with Crippen molar-refractivity contribution in [3.8, 4) is 5.75 Å². The van der Waals surface area contributed by atoms with E-state index in [0.29, 0.717) is 13.0 Å². The second kappa shape index (κ2) is 6.93. The summed E-state index contributed by atoms with van der Waals surface area (Å²) in [5.41, 5.74) is 4.31. The highest BCUT2D eigenvalue weighted by molar-refractivity contribution is 5.90. The predicted molar refractivity (Wildman–Crippen MR) is 85.8 cm³/mol. The first-order valence-corrected chi connectivity index (χ1v) is 7.10. The van der Waals surface area contributed by atoms with E-state index in [1.807, 2.05) is 57.2 Å². The molecule has 21 heavy (non-hydrogen) atoms. The van der Waals surface area contributed by atoms with Crippen molar-refractivity contribution in [1.82, 2.24) is 0 Å². The van der Waals surface area contributed by atoms with Crippen LogP contribution >= 0.6 is 0 Å². The number of hydrogen-bond acceptors (Lipinski definition) is 2. The minimum Gasteiger partial charge on any atom is -0.493 e. The molecule has 0 unspecified atom stereocenters. The number of anilines is 1. The molecule has 1 N–H and O–H groups in total. The molecule has 1 amide bonds. The highest BCUT2D eigenvalue weighted by Crippen LogP contribution is 2.16. The number of carbonyl (C=O) groups excluding carboxylic acids is 1. The molecule has 0 fully saturated rings. The number of benzene rings is 2. The van der Waals surface area contributed by atoms with Crippen molar-refractivity contribution in [2.45, 2.75) is 27.2 Å². The van der Waals surface area contributed by atoms with Crippen molar-refractivity contribution >= 4 is 11.6 Å². The Morgan fingerprint density at radius 2 is 1.57 bits per heavy atom. The molecular formula is C18H21NO2. The zero-order chi connectivity index (χ0) is 15.2. The topological polar surface area (TPSA) is 38.3 Å². The maximum Gasteiger partial charge on any atom is 0.227 e. The maximum atomic E-state index is 11.8. The lowest BCUT2D eigenvalue weighted by molar-refractivity contribution is -0.116. The number of ether oxygens (including phenoxy) is 1. The predicted octanol–water partition coefficient (Wildman–Crippen LogP) is 4.02. The summed E-state index contributed by atoms with van der Waals surface area (Å²) >= 11 is 0. The Kier molecular flexibility index (Phi) is 4.99. The molecular weight excluding hydrogens is 262 g/mol. The van der Waals surface area contributed by atoms with Crippen molar-refractivity contribution < 1.29 is 9.53 Å². The van der Waals surface area contributed by atoms with Crippen LogP contribution in [0.3, 0.4) is 0 Å². The van der Waals surface area contributed by atoms with E-state index < -0.39 is 0 Å². The van der Waals surface area contributed by atoms with Crippen molar-refractivity contribution in [3.05, 3.63) is 59.2 Å². The van der Waals surface area contributed by atoms with Gasteiger partial charge in [0.2, 0.25) is 5.91 Å². The molecule has 0 aliphatic rings. The van der Waals surface area contributed by atoms with E-state index in [-0.39, 0.29) is 5.91 Å². The van der Waals surface area contributed by atoms with Gasteiger partial charge in [-0.2, -0.15) is 0 Å². The van der Waals surface area contributed by atoms with Gasteiger partial charge < -0.3 is 10.1 Å². The molecule has 0 spiro atoms. The summed E-state index contributed by atoms with van der Waals surface area (Å²) in [6, 6.07) is 13.8. The second-order valence-corrected chi connectivity index (χ2v) is 5.34. The lowest BCUT2D eigenvalue weighted by atomic mass is 10.1. The monoisotopic (exact) mass is 283 g/mol. The van der Waals surface area contributed by atoms with Crippen LogP contribution in [0.4, 0.5) is 5.69 Å². The third kappa shape index (κ3) is 4.95. The first kappa shape index (κ1) is 15.1. The van der Waals surface area contributed by atoms with E-state index in [0.717, 1.165) is 22.6 Å². The van der Waals surface area contributed by atoms with E-state index in [4.69, 9.17) is 4.74 Å². The molecule has 0 saturated heterocycles.